The Morgan fingerprint density at radius 3 is 2.32 bits per heavy atom. The Morgan fingerprint density at radius 1 is 1.04 bits per heavy atom. The third-order valence-corrected chi connectivity index (χ3v) is 6.61. The fraction of sp³-hybridized carbons (Fsp3) is 0.714. The summed E-state index contributed by atoms with van der Waals surface area (Å²) >= 11 is 0. The number of nitrogens with one attached hydrogen (secondary N) is 1. The van der Waals surface area contributed by atoms with Crippen molar-refractivity contribution in [2.75, 3.05) is 26.2 Å². The van der Waals surface area contributed by atoms with Crippen LogP contribution in [-0.4, -0.2) is 63.9 Å². The number of imide groups is 1. The highest BCUT2D eigenvalue weighted by atomic mass is 16.2. The molecule has 28 heavy (non-hydrogen) atoms. The molecule has 1 N–H and O–H groups in total. The van der Waals surface area contributed by atoms with Gasteiger partial charge < -0.3 is 5.32 Å². The van der Waals surface area contributed by atoms with Crippen molar-refractivity contribution < 1.29 is 9.59 Å². The minimum absolute atomic E-state index is 0.0395. The summed E-state index contributed by atoms with van der Waals surface area (Å²) in [6, 6.07) is 1.82. The molecule has 1 aromatic rings. The molecule has 3 aliphatic rings. The van der Waals surface area contributed by atoms with Gasteiger partial charge in [0.2, 0.25) is 11.8 Å². The minimum atomic E-state index is -0.135. The number of carbonyl (C=O) groups excluding carboxylic acids is 2. The van der Waals surface area contributed by atoms with Crippen molar-refractivity contribution in [1.82, 2.24) is 25.1 Å². The average Bonchev–Trinajstić information content (AvgIpc) is 3.15. The molecule has 1 unspecified atom stereocenters. The van der Waals surface area contributed by atoms with Gasteiger partial charge >= 0.3 is 0 Å². The Hall–Kier alpha value is -1.86. The summed E-state index contributed by atoms with van der Waals surface area (Å²) in [5.74, 6) is 0.901. The van der Waals surface area contributed by atoms with E-state index < -0.39 is 0 Å². The lowest BCUT2D eigenvalue weighted by molar-refractivity contribution is -0.162. The summed E-state index contributed by atoms with van der Waals surface area (Å²) in [6.07, 6.45) is 11.2. The van der Waals surface area contributed by atoms with Crippen LogP contribution in [0.5, 0.6) is 0 Å². The molecule has 7 nitrogen and oxygen atoms in total. The van der Waals surface area contributed by atoms with Crippen molar-refractivity contribution in [3.63, 3.8) is 0 Å². The van der Waals surface area contributed by atoms with Gasteiger partial charge in [0, 0.05) is 57.8 Å². The standard InChI is InChI=1S/C21H31N5O2/c27-19-15-21(7-1-2-8-21)16-20(28)26(19)18(25-13-11-22-12-14-25)6-3-5-17-23-9-4-10-24-17/h4,9-10,18,22H,1-3,5-8,11-16H2. The topological polar surface area (TPSA) is 78.4 Å². The van der Waals surface area contributed by atoms with Crippen LogP contribution in [0.25, 0.3) is 0 Å². The number of aromatic nitrogens is 2. The van der Waals surface area contributed by atoms with Crippen LogP contribution in [-0.2, 0) is 16.0 Å². The zero-order valence-corrected chi connectivity index (χ0v) is 16.6. The van der Waals surface area contributed by atoms with E-state index in [1.165, 1.54) is 0 Å². The molecule has 1 atom stereocenters. The van der Waals surface area contributed by atoms with E-state index in [0.717, 1.165) is 76.9 Å². The maximum atomic E-state index is 13.1. The highest BCUT2D eigenvalue weighted by Crippen LogP contribution is 2.47. The number of piperidine rings is 1. The van der Waals surface area contributed by atoms with Gasteiger partial charge in [-0.2, -0.15) is 0 Å². The lowest BCUT2D eigenvalue weighted by Crippen LogP contribution is -2.60. The largest absolute Gasteiger partial charge is 0.314 e. The smallest absolute Gasteiger partial charge is 0.231 e. The molecule has 4 rings (SSSR count). The monoisotopic (exact) mass is 385 g/mol. The SMILES string of the molecule is O=C1CC2(CCCC2)CC(=O)N1C(CCCc1ncccn1)N1CCNCC1. The van der Waals surface area contributed by atoms with Crippen LogP contribution < -0.4 is 5.32 Å². The second-order valence-corrected chi connectivity index (χ2v) is 8.54. The lowest BCUT2D eigenvalue weighted by Gasteiger charge is -2.45. The number of rotatable bonds is 6. The van der Waals surface area contributed by atoms with E-state index in [0.29, 0.717) is 12.8 Å². The van der Waals surface area contributed by atoms with Crippen molar-refractivity contribution in [1.29, 1.82) is 0 Å². The quantitative estimate of drug-likeness (QED) is 0.752. The Balaban J connectivity index is 1.46. The van der Waals surface area contributed by atoms with Crippen molar-refractivity contribution in [2.45, 2.75) is 64.0 Å². The van der Waals surface area contributed by atoms with E-state index in [1.54, 1.807) is 17.3 Å². The summed E-state index contributed by atoms with van der Waals surface area (Å²) in [5, 5.41) is 3.37. The van der Waals surface area contributed by atoms with Gasteiger partial charge in [-0.1, -0.05) is 12.8 Å². The number of hydrogen-bond acceptors (Lipinski definition) is 6. The Bertz CT molecular complexity index is 663. The molecule has 2 aliphatic heterocycles. The predicted octanol–water partition coefficient (Wildman–Crippen LogP) is 1.74. The first kappa shape index (κ1) is 19.5. The fourth-order valence-corrected chi connectivity index (χ4v) is 5.18. The molecule has 1 saturated carbocycles. The first-order valence-corrected chi connectivity index (χ1v) is 10.7. The first-order chi connectivity index (χ1) is 13.7. The van der Waals surface area contributed by atoms with Gasteiger partial charge in [-0.3, -0.25) is 19.4 Å². The molecular weight excluding hydrogens is 354 g/mol. The normalized spacial score (nSPS) is 24.1. The van der Waals surface area contributed by atoms with Crippen LogP contribution >= 0.6 is 0 Å². The molecule has 1 spiro atoms. The molecule has 1 aliphatic carbocycles. The van der Waals surface area contributed by atoms with E-state index >= 15 is 0 Å². The van der Waals surface area contributed by atoms with Gasteiger partial charge in [0.05, 0.1) is 6.17 Å². The maximum absolute atomic E-state index is 13.1. The summed E-state index contributed by atoms with van der Waals surface area (Å²) in [4.78, 5) is 38.8. The Kier molecular flexibility index (Phi) is 6.01. The Morgan fingerprint density at radius 2 is 1.68 bits per heavy atom. The van der Waals surface area contributed by atoms with Crippen LogP contribution in [0, 0.1) is 5.41 Å². The number of amides is 2. The minimum Gasteiger partial charge on any atom is -0.314 e. The third-order valence-electron chi connectivity index (χ3n) is 6.61. The van der Waals surface area contributed by atoms with Gasteiger partial charge in [0.1, 0.15) is 5.82 Å². The molecule has 0 radical (unpaired) electrons. The average molecular weight is 386 g/mol. The van der Waals surface area contributed by atoms with Gasteiger partial charge in [0.15, 0.2) is 0 Å². The van der Waals surface area contributed by atoms with Crippen LogP contribution in [0.1, 0.15) is 57.2 Å². The molecule has 3 fully saturated rings. The summed E-state index contributed by atoms with van der Waals surface area (Å²) in [5.41, 5.74) is -0.0451. The molecule has 1 aromatic heterocycles. The van der Waals surface area contributed by atoms with Gasteiger partial charge in [-0.15, -0.1) is 0 Å². The molecule has 7 heteroatoms. The second kappa shape index (κ2) is 8.66. The third kappa shape index (κ3) is 4.25. The highest BCUT2D eigenvalue weighted by Gasteiger charge is 2.47. The molecular formula is C21H31N5O2. The molecule has 2 amide bonds. The van der Waals surface area contributed by atoms with E-state index in [4.69, 9.17) is 0 Å². The second-order valence-electron chi connectivity index (χ2n) is 8.54. The number of likely N-dealkylation sites (tertiary alicyclic amines) is 1. The lowest BCUT2D eigenvalue weighted by atomic mass is 9.76. The predicted molar refractivity (Wildman–Crippen MR) is 105 cm³/mol. The zero-order valence-electron chi connectivity index (χ0n) is 16.6. The number of piperazine rings is 1. The number of aryl methyl sites for hydroxylation is 1. The van der Waals surface area contributed by atoms with Crippen LogP contribution in [0.15, 0.2) is 18.5 Å². The van der Waals surface area contributed by atoms with Crippen LogP contribution in [0.4, 0.5) is 0 Å². The van der Waals surface area contributed by atoms with E-state index in [9.17, 15) is 9.59 Å². The Labute approximate surface area is 166 Å². The fourth-order valence-electron chi connectivity index (χ4n) is 5.18. The van der Waals surface area contributed by atoms with Gasteiger partial charge in [-0.25, -0.2) is 9.97 Å². The first-order valence-electron chi connectivity index (χ1n) is 10.7. The molecule has 3 heterocycles. The maximum Gasteiger partial charge on any atom is 0.231 e. The summed E-state index contributed by atoms with van der Waals surface area (Å²) in [7, 11) is 0. The molecule has 2 saturated heterocycles. The number of nitrogens with zero attached hydrogens (tertiary/aromatic N) is 4. The van der Waals surface area contributed by atoms with Crippen molar-refractivity contribution >= 4 is 11.8 Å². The van der Waals surface area contributed by atoms with Crippen molar-refractivity contribution in [2.24, 2.45) is 5.41 Å². The molecule has 0 aromatic carbocycles. The zero-order chi connectivity index (χ0) is 19.4. The summed E-state index contributed by atoms with van der Waals surface area (Å²) < 4.78 is 0. The molecule has 152 valence electrons. The van der Waals surface area contributed by atoms with Crippen molar-refractivity contribution in [3.05, 3.63) is 24.3 Å². The van der Waals surface area contributed by atoms with E-state index in [-0.39, 0.29) is 23.4 Å². The van der Waals surface area contributed by atoms with E-state index in [2.05, 4.69) is 20.2 Å². The van der Waals surface area contributed by atoms with Crippen molar-refractivity contribution in [3.8, 4) is 0 Å². The molecule has 0 bridgehead atoms. The number of hydrogen-bond donors (Lipinski definition) is 1. The summed E-state index contributed by atoms with van der Waals surface area (Å²) in [6.45, 7) is 3.54. The van der Waals surface area contributed by atoms with Crippen LogP contribution in [0.3, 0.4) is 0 Å². The van der Waals surface area contributed by atoms with Gasteiger partial charge in [0.25, 0.3) is 0 Å². The van der Waals surface area contributed by atoms with Crippen LogP contribution in [0.2, 0.25) is 0 Å². The number of carbonyl (C=O) groups is 2. The highest BCUT2D eigenvalue weighted by molar-refractivity contribution is 5.99. The van der Waals surface area contributed by atoms with E-state index in [1.807, 2.05) is 6.07 Å². The van der Waals surface area contributed by atoms with Gasteiger partial charge in [-0.05, 0) is 37.2 Å².